The van der Waals surface area contributed by atoms with Crippen LogP contribution in [0.25, 0.3) is 0 Å². The summed E-state index contributed by atoms with van der Waals surface area (Å²) in [6, 6.07) is 1.83. The first-order valence-corrected chi connectivity index (χ1v) is 9.09. The van der Waals surface area contributed by atoms with E-state index >= 15 is 0 Å². The summed E-state index contributed by atoms with van der Waals surface area (Å²) < 4.78 is 24.3. The van der Waals surface area contributed by atoms with Gasteiger partial charge in [0, 0.05) is 30.7 Å². The maximum atomic E-state index is 12.1. The number of aromatic nitrogens is 2. The second-order valence-electron chi connectivity index (χ2n) is 5.89. The molecular weight excluding hydrogens is 292 g/mol. The van der Waals surface area contributed by atoms with Gasteiger partial charge in [0.1, 0.15) is 5.69 Å². The maximum Gasteiger partial charge on any atom is 0.271 e. The SMILES string of the molecule is CS(=O)(=O)N1CCC(NC(=O)c2cc(C3CC3)[nH]n2)CC1. The van der Waals surface area contributed by atoms with Crippen LogP contribution in [0.15, 0.2) is 6.07 Å². The summed E-state index contributed by atoms with van der Waals surface area (Å²) in [5, 5.41) is 9.91. The van der Waals surface area contributed by atoms with Crippen LogP contribution in [0, 0.1) is 0 Å². The van der Waals surface area contributed by atoms with Gasteiger partial charge in [0.05, 0.1) is 6.26 Å². The van der Waals surface area contributed by atoms with Crippen LogP contribution in [0.5, 0.6) is 0 Å². The molecule has 116 valence electrons. The number of hydrogen-bond acceptors (Lipinski definition) is 4. The van der Waals surface area contributed by atoms with E-state index in [9.17, 15) is 13.2 Å². The molecule has 1 aliphatic heterocycles. The van der Waals surface area contributed by atoms with Gasteiger partial charge in [0.2, 0.25) is 10.0 Å². The average Bonchev–Trinajstić information content (AvgIpc) is 3.16. The molecule has 0 radical (unpaired) electrons. The molecule has 3 rings (SSSR count). The number of rotatable bonds is 4. The largest absolute Gasteiger partial charge is 0.348 e. The van der Waals surface area contributed by atoms with Crippen molar-refractivity contribution < 1.29 is 13.2 Å². The summed E-state index contributed by atoms with van der Waals surface area (Å²) in [4.78, 5) is 12.1. The molecule has 0 bridgehead atoms. The fourth-order valence-electron chi connectivity index (χ4n) is 2.65. The van der Waals surface area contributed by atoms with E-state index in [-0.39, 0.29) is 11.9 Å². The zero-order chi connectivity index (χ0) is 15.0. The van der Waals surface area contributed by atoms with E-state index in [2.05, 4.69) is 15.5 Å². The van der Waals surface area contributed by atoms with Crippen molar-refractivity contribution in [1.29, 1.82) is 0 Å². The normalized spacial score (nSPS) is 21.4. The van der Waals surface area contributed by atoms with E-state index in [1.54, 1.807) is 0 Å². The van der Waals surface area contributed by atoms with Crippen molar-refractivity contribution in [3.63, 3.8) is 0 Å². The molecule has 1 aromatic heterocycles. The Morgan fingerprint density at radius 1 is 1.33 bits per heavy atom. The summed E-state index contributed by atoms with van der Waals surface area (Å²) in [7, 11) is -3.13. The molecule has 8 heteroatoms. The summed E-state index contributed by atoms with van der Waals surface area (Å²) in [5.41, 5.74) is 1.45. The van der Waals surface area contributed by atoms with Gasteiger partial charge in [-0.1, -0.05) is 0 Å². The number of H-pyrrole nitrogens is 1. The topological polar surface area (TPSA) is 95.2 Å². The Hall–Kier alpha value is -1.41. The number of amides is 1. The highest BCUT2D eigenvalue weighted by molar-refractivity contribution is 7.88. The van der Waals surface area contributed by atoms with Gasteiger partial charge in [0.25, 0.3) is 5.91 Å². The minimum absolute atomic E-state index is 0.0107. The van der Waals surface area contributed by atoms with Crippen LogP contribution in [0.4, 0.5) is 0 Å². The lowest BCUT2D eigenvalue weighted by Crippen LogP contribution is -2.46. The first-order valence-electron chi connectivity index (χ1n) is 7.25. The van der Waals surface area contributed by atoms with Crippen molar-refractivity contribution >= 4 is 15.9 Å². The molecule has 1 amide bonds. The number of carbonyl (C=O) groups is 1. The van der Waals surface area contributed by atoms with Crippen molar-refractivity contribution in [1.82, 2.24) is 19.8 Å². The number of aromatic amines is 1. The Morgan fingerprint density at radius 2 is 2.00 bits per heavy atom. The Bertz CT molecular complexity index is 628. The third-order valence-electron chi connectivity index (χ3n) is 4.11. The standard InChI is InChI=1S/C13H20N4O3S/c1-21(19,20)17-6-4-10(5-7-17)14-13(18)12-8-11(15-16-12)9-2-3-9/h8-10H,2-7H2,1H3,(H,14,18)(H,15,16). The monoisotopic (exact) mass is 312 g/mol. The van der Waals surface area contributed by atoms with E-state index in [1.807, 2.05) is 6.07 Å². The Morgan fingerprint density at radius 3 is 2.57 bits per heavy atom. The second kappa shape index (κ2) is 5.42. The summed E-state index contributed by atoms with van der Waals surface area (Å²) in [6.45, 7) is 0.912. The molecule has 2 N–H and O–H groups in total. The van der Waals surface area contributed by atoms with Gasteiger partial charge in [0.15, 0.2) is 0 Å². The zero-order valence-electron chi connectivity index (χ0n) is 12.0. The Balaban J connectivity index is 1.53. The van der Waals surface area contributed by atoms with Crippen molar-refractivity contribution in [3.05, 3.63) is 17.5 Å². The third kappa shape index (κ3) is 3.44. The molecule has 1 aromatic rings. The zero-order valence-corrected chi connectivity index (χ0v) is 12.8. The van der Waals surface area contributed by atoms with E-state index in [1.165, 1.54) is 10.6 Å². The van der Waals surface area contributed by atoms with Crippen molar-refractivity contribution in [2.24, 2.45) is 0 Å². The predicted molar refractivity (Wildman–Crippen MR) is 77.5 cm³/mol. The summed E-state index contributed by atoms with van der Waals surface area (Å²) >= 11 is 0. The molecular formula is C13H20N4O3S. The minimum Gasteiger partial charge on any atom is -0.348 e. The summed E-state index contributed by atoms with van der Waals surface area (Å²) in [6.07, 6.45) is 4.81. The molecule has 2 heterocycles. The lowest BCUT2D eigenvalue weighted by atomic mass is 10.1. The Kier molecular flexibility index (Phi) is 3.75. The van der Waals surface area contributed by atoms with E-state index in [0.29, 0.717) is 37.5 Å². The molecule has 7 nitrogen and oxygen atoms in total. The van der Waals surface area contributed by atoms with Gasteiger partial charge in [-0.25, -0.2) is 12.7 Å². The van der Waals surface area contributed by atoms with E-state index in [0.717, 1.165) is 18.5 Å². The molecule has 21 heavy (non-hydrogen) atoms. The van der Waals surface area contributed by atoms with Gasteiger partial charge < -0.3 is 5.32 Å². The highest BCUT2D eigenvalue weighted by atomic mass is 32.2. The highest BCUT2D eigenvalue weighted by Gasteiger charge is 2.28. The molecule has 0 unspecified atom stereocenters. The third-order valence-corrected chi connectivity index (χ3v) is 5.41. The van der Waals surface area contributed by atoms with Crippen LogP contribution in [0.2, 0.25) is 0 Å². The number of sulfonamides is 1. The van der Waals surface area contributed by atoms with Gasteiger partial charge >= 0.3 is 0 Å². The maximum absolute atomic E-state index is 12.1. The molecule has 0 aromatic carbocycles. The van der Waals surface area contributed by atoms with Crippen LogP contribution in [-0.4, -0.2) is 54.2 Å². The summed E-state index contributed by atoms with van der Waals surface area (Å²) in [5.74, 6) is 0.355. The number of piperidine rings is 1. The van der Waals surface area contributed by atoms with E-state index in [4.69, 9.17) is 0 Å². The molecule has 2 fully saturated rings. The fraction of sp³-hybridized carbons (Fsp3) is 0.692. The van der Waals surface area contributed by atoms with Crippen LogP contribution >= 0.6 is 0 Å². The molecule has 1 saturated heterocycles. The van der Waals surface area contributed by atoms with E-state index < -0.39 is 10.0 Å². The number of nitrogens with zero attached hydrogens (tertiary/aromatic N) is 2. The van der Waals surface area contributed by atoms with Crippen LogP contribution in [-0.2, 0) is 10.0 Å². The minimum atomic E-state index is -3.13. The smallest absolute Gasteiger partial charge is 0.271 e. The number of carbonyl (C=O) groups excluding carboxylic acids is 1. The first-order chi connectivity index (χ1) is 9.93. The highest BCUT2D eigenvalue weighted by Crippen LogP contribution is 2.38. The molecule has 1 saturated carbocycles. The van der Waals surface area contributed by atoms with Crippen molar-refractivity contribution in [2.45, 2.75) is 37.6 Å². The van der Waals surface area contributed by atoms with Gasteiger partial charge in [-0.05, 0) is 31.7 Å². The molecule has 0 spiro atoms. The molecule has 0 atom stereocenters. The van der Waals surface area contributed by atoms with Gasteiger partial charge in [-0.15, -0.1) is 0 Å². The number of hydrogen-bond donors (Lipinski definition) is 2. The molecule has 1 aliphatic carbocycles. The lowest BCUT2D eigenvalue weighted by molar-refractivity contribution is 0.0919. The van der Waals surface area contributed by atoms with Gasteiger partial charge in [-0.2, -0.15) is 5.10 Å². The van der Waals surface area contributed by atoms with Crippen molar-refractivity contribution in [3.8, 4) is 0 Å². The second-order valence-corrected chi connectivity index (χ2v) is 7.88. The van der Waals surface area contributed by atoms with Crippen molar-refractivity contribution in [2.75, 3.05) is 19.3 Å². The average molecular weight is 312 g/mol. The first kappa shape index (κ1) is 14.5. The quantitative estimate of drug-likeness (QED) is 0.843. The van der Waals surface area contributed by atoms with Crippen LogP contribution in [0.1, 0.15) is 47.8 Å². The van der Waals surface area contributed by atoms with Crippen LogP contribution < -0.4 is 5.32 Å². The fourth-order valence-corrected chi connectivity index (χ4v) is 3.52. The number of nitrogens with one attached hydrogen (secondary N) is 2. The lowest BCUT2D eigenvalue weighted by Gasteiger charge is -2.30. The predicted octanol–water partition coefficient (Wildman–Crippen LogP) is 0.441. The molecule has 2 aliphatic rings. The van der Waals surface area contributed by atoms with Crippen LogP contribution in [0.3, 0.4) is 0 Å². The van der Waals surface area contributed by atoms with Gasteiger partial charge in [-0.3, -0.25) is 9.89 Å². The Labute approximate surface area is 124 Å².